The number of hydrogen-bond acceptors (Lipinski definition) is 2. The van der Waals surface area contributed by atoms with Crippen LogP contribution in [0.3, 0.4) is 0 Å². The van der Waals surface area contributed by atoms with Crippen LogP contribution in [0.15, 0.2) is 77.5 Å². The second-order valence-corrected chi connectivity index (χ2v) is 6.53. The Kier molecular flexibility index (Phi) is 4.12. The van der Waals surface area contributed by atoms with Gasteiger partial charge in [-0.2, -0.15) is 29.6 Å². The van der Waals surface area contributed by atoms with Crippen LogP contribution in [0.1, 0.15) is 5.69 Å². The van der Waals surface area contributed by atoms with Gasteiger partial charge in [0.15, 0.2) is 5.69 Å². The van der Waals surface area contributed by atoms with Gasteiger partial charge >= 0.3 is 6.18 Å². The molecular formula is C20H13F3N2S. The Morgan fingerprint density at radius 3 is 2.12 bits per heavy atom. The zero-order chi connectivity index (χ0) is 18.1. The van der Waals surface area contributed by atoms with Crippen molar-refractivity contribution in [2.75, 3.05) is 0 Å². The van der Waals surface area contributed by atoms with Crippen LogP contribution in [0.2, 0.25) is 0 Å². The number of hydrogen-bond donors (Lipinski definition) is 0. The molecule has 2 nitrogen and oxygen atoms in total. The second kappa shape index (κ2) is 6.46. The summed E-state index contributed by atoms with van der Waals surface area (Å²) in [7, 11) is 0. The van der Waals surface area contributed by atoms with Gasteiger partial charge in [-0.25, -0.2) is 4.68 Å². The Morgan fingerprint density at radius 1 is 0.808 bits per heavy atom. The van der Waals surface area contributed by atoms with Gasteiger partial charge in [0.05, 0.1) is 11.4 Å². The molecule has 0 aliphatic carbocycles. The molecule has 4 aromatic rings. The van der Waals surface area contributed by atoms with E-state index in [2.05, 4.69) is 5.10 Å². The molecule has 0 fully saturated rings. The molecule has 0 aliphatic rings. The monoisotopic (exact) mass is 370 g/mol. The predicted octanol–water partition coefficient (Wildman–Crippen LogP) is 6.29. The minimum Gasteiger partial charge on any atom is -0.233 e. The zero-order valence-electron chi connectivity index (χ0n) is 13.4. The largest absolute Gasteiger partial charge is 0.435 e. The van der Waals surface area contributed by atoms with Crippen molar-refractivity contribution in [1.29, 1.82) is 0 Å². The quantitative estimate of drug-likeness (QED) is 0.415. The highest BCUT2D eigenvalue weighted by Gasteiger charge is 2.35. The summed E-state index contributed by atoms with van der Waals surface area (Å²) in [5.41, 5.74) is 2.88. The molecule has 0 N–H and O–H groups in total. The van der Waals surface area contributed by atoms with E-state index >= 15 is 0 Å². The Balaban J connectivity index is 1.81. The fourth-order valence-electron chi connectivity index (χ4n) is 2.75. The molecule has 0 aliphatic heterocycles. The van der Waals surface area contributed by atoms with Crippen molar-refractivity contribution >= 4 is 11.3 Å². The Bertz CT molecular complexity index is 1000. The van der Waals surface area contributed by atoms with Crippen molar-refractivity contribution in [2.45, 2.75) is 6.18 Å². The summed E-state index contributed by atoms with van der Waals surface area (Å²) >= 11 is 1.60. The summed E-state index contributed by atoms with van der Waals surface area (Å²) in [6.45, 7) is 0. The van der Waals surface area contributed by atoms with Gasteiger partial charge in [0, 0.05) is 5.56 Å². The number of rotatable bonds is 3. The maximum absolute atomic E-state index is 13.2. The number of thiophene rings is 1. The van der Waals surface area contributed by atoms with E-state index in [-0.39, 0.29) is 0 Å². The van der Waals surface area contributed by atoms with Crippen molar-refractivity contribution in [3.8, 4) is 28.1 Å². The van der Waals surface area contributed by atoms with Crippen LogP contribution in [0, 0.1) is 0 Å². The van der Waals surface area contributed by atoms with Crippen LogP contribution in [0.25, 0.3) is 28.1 Å². The molecule has 2 aromatic carbocycles. The highest BCUT2D eigenvalue weighted by atomic mass is 32.1. The number of benzene rings is 2. The highest BCUT2D eigenvalue weighted by Crippen LogP contribution is 2.34. The van der Waals surface area contributed by atoms with Crippen molar-refractivity contribution in [1.82, 2.24) is 9.78 Å². The smallest absolute Gasteiger partial charge is 0.233 e. The van der Waals surface area contributed by atoms with Gasteiger partial charge in [0.25, 0.3) is 0 Å². The molecule has 130 valence electrons. The molecular weight excluding hydrogens is 357 g/mol. The van der Waals surface area contributed by atoms with Gasteiger partial charge in [-0.3, -0.25) is 0 Å². The van der Waals surface area contributed by atoms with Gasteiger partial charge in [0.1, 0.15) is 0 Å². The number of aromatic nitrogens is 2. The molecule has 0 saturated heterocycles. The summed E-state index contributed by atoms with van der Waals surface area (Å²) in [4.78, 5) is 0. The van der Waals surface area contributed by atoms with E-state index in [0.717, 1.165) is 17.2 Å². The summed E-state index contributed by atoms with van der Waals surface area (Å²) in [5, 5.41) is 7.82. The first-order chi connectivity index (χ1) is 12.5. The Labute approximate surface area is 152 Å². The van der Waals surface area contributed by atoms with Crippen molar-refractivity contribution in [2.24, 2.45) is 0 Å². The third-order valence-electron chi connectivity index (χ3n) is 4.04. The number of nitrogens with zero attached hydrogens (tertiary/aromatic N) is 2. The van der Waals surface area contributed by atoms with Crippen molar-refractivity contribution in [3.05, 3.63) is 83.2 Å². The highest BCUT2D eigenvalue weighted by molar-refractivity contribution is 7.08. The van der Waals surface area contributed by atoms with Crippen LogP contribution in [0.5, 0.6) is 0 Å². The SMILES string of the molecule is FC(F)(F)c1cc(-c2ccc(-c3ccsc3)cc2)n(-c2ccccc2)n1. The first-order valence-electron chi connectivity index (χ1n) is 7.88. The fraction of sp³-hybridized carbons (Fsp3) is 0.0500. The average molecular weight is 370 g/mol. The summed E-state index contributed by atoms with van der Waals surface area (Å²) in [6.07, 6.45) is -4.49. The third-order valence-corrected chi connectivity index (χ3v) is 4.72. The molecule has 0 atom stereocenters. The maximum Gasteiger partial charge on any atom is 0.435 e. The summed E-state index contributed by atoms with van der Waals surface area (Å²) in [5.74, 6) is 0. The fourth-order valence-corrected chi connectivity index (χ4v) is 3.42. The van der Waals surface area contributed by atoms with E-state index in [1.165, 1.54) is 4.68 Å². The minimum atomic E-state index is -4.49. The van der Waals surface area contributed by atoms with Gasteiger partial charge < -0.3 is 0 Å². The van der Waals surface area contributed by atoms with Crippen LogP contribution in [0.4, 0.5) is 13.2 Å². The molecule has 2 heterocycles. The molecule has 26 heavy (non-hydrogen) atoms. The van der Waals surface area contributed by atoms with Crippen molar-refractivity contribution in [3.63, 3.8) is 0 Å². The second-order valence-electron chi connectivity index (χ2n) is 5.75. The van der Waals surface area contributed by atoms with Crippen LogP contribution < -0.4 is 0 Å². The average Bonchev–Trinajstić information content (AvgIpc) is 3.32. The van der Waals surface area contributed by atoms with E-state index < -0.39 is 11.9 Å². The van der Waals surface area contributed by atoms with E-state index in [4.69, 9.17) is 0 Å². The van der Waals surface area contributed by atoms with Crippen LogP contribution in [-0.2, 0) is 6.18 Å². The standard InChI is InChI=1S/C20H13F3N2S/c21-20(22,23)19-12-18(25(24-19)17-4-2-1-3-5-17)15-8-6-14(7-9-15)16-10-11-26-13-16/h1-13H. The molecule has 0 bridgehead atoms. The van der Waals surface area contributed by atoms with Crippen molar-refractivity contribution < 1.29 is 13.2 Å². The molecule has 0 radical (unpaired) electrons. The lowest BCUT2D eigenvalue weighted by atomic mass is 10.0. The molecule has 0 unspecified atom stereocenters. The lowest BCUT2D eigenvalue weighted by Gasteiger charge is -2.08. The summed E-state index contributed by atoms with van der Waals surface area (Å²) in [6, 6.07) is 19.4. The van der Waals surface area contributed by atoms with Gasteiger partial charge in [-0.05, 0) is 46.2 Å². The number of para-hydroxylation sites is 1. The number of halogens is 3. The van der Waals surface area contributed by atoms with Crippen LogP contribution >= 0.6 is 11.3 Å². The zero-order valence-corrected chi connectivity index (χ0v) is 14.3. The maximum atomic E-state index is 13.2. The van der Waals surface area contributed by atoms with E-state index in [1.54, 1.807) is 35.6 Å². The molecule has 6 heteroatoms. The predicted molar refractivity (Wildman–Crippen MR) is 97.3 cm³/mol. The van der Waals surface area contributed by atoms with E-state index in [1.807, 2.05) is 47.2 Å². The topological polar surface area (TPSA) is 17.8 Å². The first kappa shape index (κ1) is 16.6. The van der Waals surface area contributed by atoms with E-state index in [9.17, 15) is 13.2 Å². The number of alkyl halides is 3. The van der Waals surface area contributed by atoms with Gasteiger partial charge in [0.2, 0.25) is 0 Å². The molecule has 0 spiro atoms. The lowest BCUT2D eigenvalue weighted by molar-refractivity contribution is -0.141. The van der Waals surface area contributed by atoms with E-state index in [0.29, 0.717) is 16.9 Å². The molecule has 0 saturated carbocycles. The molecule has 4 rings (SSSR count). The Hall–Kier alpha value is -2.86. The molecule has 2 aromatic heterocycles. The normalized spacial score (nSPS) is 11.7. The third kappa shape index (κ3) is 3.15. The first-order valence-corrected chi connectivity index (χ1v) is 8.82. The summed E-state index contributed by atoms with van der Waals surface area (Å²) < 4.78 is 40.9. The Morgan fingerprint density at radius 2 is 1.50 bits per heavy atom. The minimum absolute atomic E-state index is 0.403. The van der Waals surface area contributed by atoms with Gasteiger partial charge in [-0.15, -0.1) is 0 Å². The van der Waals surface area contributed by atoms with Crippen LogP contribution in [-0.4, -0.2) is 9.78 Å². The van der Waals surface area contributed by atoms with Gasteiger partial charge in [-0.1, -0.05) is 42.5 Å². The molecule has 0 amide bonds. The lowest BCUT2D eigenvalue weighted by Crippen LogP contribution is -2.07.